The van der Waals surface area contributed by atoms with Crippen molar-refractivity contribution >= 4 is 31.4 Å². The molecule has 0 atom stereocenters. The number of carbonyl (C=O) groups is 4. The van der Waals surface area contributed by atoms with E-state index in [9.17, 15) is 19.2 Å². The number of ether oxygens (including phenoxy) is 2. The van der Waals surface area contributed by atoms with Crippen LogP contribution < -0.4 is 10.1 Å². The van der Waals surface area contributed by atoms with Gasteiger partial charge in [0.1, 0.15) is 19.0 Å². The van der Waals surface area contributed by atoms with E-state index in [1.807, 2.05) is 35.6 Å². The predicted molar refractivity (Wildman–Crippen MR) is 127 cm³/mol. The molecule has 10 heteroatoms. The summed E-state index contributed by atoms with van der Waals surface area (Å²) >= 11 is 0. The van der Waals surface area contributed by atoms with Crippen LogP contribution in [0.5, 0.6) is 5.75 Å². The Kier molecular flexibility index (Phi) is 7.82. The first-order valence-electron chi connectivity index (χ1n) is 11.5. The molecule has 4 amide bonds. The molecule has 2 aromatic carbocycles. The van der Waals surface area contributed by atoms with E-state index in [1.54, 1.807) is 21.9 Å². The molecule has 1 saturated heterocycles. The molecule has 180 valence electrons. The summed E-state index contributed by atoms with van der Waals surface area (Å²) in [5.74, 6) is -0.814. The van der Waals surface area contributed by atoms with Gasteiger partial charge >= 0.3 is 0 Å². The smallest absolute Gasteiger partial charge is 0.254 e. The quantitative estimate of drug-likeness (QED) is 0.555. The van der Waals surface area contributed by atoms with Crippen LogP contribution in [-0.4, -0.2) is 67.5 Å². The Morgan fingerprint density at radius 3 is 2.57 bits per heavy atom. The van der Waals surface area contributed by atoms with Crippen LogP contribution in [0.25, 0.3) is 0 Å². The van der Waals surface area contributed by atoms with Crippen molar-refractivity contribution in [2.45, 2.75) is 32.5 Å². The third-order valence-electron chi connectivity index (χ3n) is 5.97. The summed E-state index contributed by atoms with van der Waals surface area (Å²) in [5, 5.41) is 2.02. The van der Waals surface area contributed by atoms with Crippen LogP contribution in [-0.2, 0) is 34.0 Å². The first-order valence-corrected chi connectivity index (χ1v) is 11.5. The van der Waals surface area contributed by atoms with Crippen LogP contribution in [0.15, 0.2) is 42.5 Å². The standard InChI is InChI=1S/C25H26BN3O6/c26-25(33)27-22(30)5-2-10-29-14-20-19(24(29)32)3-1-4-21(20)35-15-18-8-6-17(7-9-18)13-28-11-12-34-16-23(28)31/h1,3-4,6-9H,2,5,10-16H2,(H,27,30,33). The fourth-order valence-corrected chi connectivity index (χ4v) is 4.15. The van der Waals surface area contributed by atoms with Gasteiger partial charge in [0, 0.05) is 37.2 Å². The topological polar surface area (TPSA) is 105 Å². The number of imide groups is 1. The minimum atomic E-state index is -0.886. The zero-order valence-electron chi connectivity index (χ0n) is 19.3. The molecule has 2 radical (unpaired) electrons. The molecular formula is C25H26BN3O6. The third-order valence-corrected chi connectivity index (χ3v) is 5.97. The van der Waals surface area contributed by atoms with Gasteiger partial charge in [-0.3, -0.25) is 19.2 Å². The summed E-state index contributed by atoms with van der Waals surface area (Å²) in [4.78, 5) is 50.4. The number of hydrogen-bond donors (Lipinski definition) is 1. The second kappa shape index (κ2) is 11.2. The van der Waals surface area contributed by atoms with Crippen molar-refractivity contribution in [3.8, 4) is 5.75 Å². The van der Waals surface area contributed by atoms with Gasteiger partial charge in [0.2, 0.25) is 19.7 Å². The zero-order chi connectivity index (χ0) is 24.8. The monoisotopic (exact) mass is 475 g/mol. The number of nitrogens with zero attached hydrogens (tertiary/aromatic N) is 2. The number of fused-ring (bicyclic) bond motifs is 1. The molecule has 1 N–H and O–H groups in total. The van der Waals surface area contributed by atoms with Crippen molar-refractivity contribution in [3.05, 3.63) is 64.7 Å². The maximum atomic E-state index is 12.8. The highest BCUT2D eigenvalue weighted by molar-refractivity contribution is 6.58. The molecule has 2 aliphatic rings. The van der Waals surface area contributed by atoms with Gasteiger partial charge in [0.15, 0.2) is 5.81 Å². The summed E-state index contributed by atoms with van der Waals surface area (Å²) in [6.07, 6.45) is 0.513. The predicted octanol–water partition coefficient (Wildman–Crippen LogP) is 1.77. The Hall–Kier alpha value is -3.66. The minimum Gasteiger partial charge on any atom is -0.489 e. The molecule has 2 aliphatic heterocycles. The normalized spacial score (nSPS) is 15.2. The Labute approximate surface area is 204 Å². The van der Waals surface area contributed by atoms with Crippen molar-refractivity contribution in [1.29, 1.82) is 0 Å². The van der Waals surface area contributed by atoms with E-state index in [-0.39, 0.29) is 24.8 Å². The number of hydrogen-bond acceptors (Lipinski definition) is 6. The maximum Gasteiger partial charge on any atom is 0.254 e. The summed E-state index contributed by atoms with van der Waals surface area (Å²) < 4.78 is 11.2. The molecule has 0 unspecified atom stereocenters. The summed E-state index contributed by atoms with van der Waals surface area (Å²) in [7, 11) is 4.94. The van der Waals surface area contributed by atoms with Crippen molar-refractivity contribution in [2.24, 2.45) is 0 Å². The summed E-state index contributed by atoms with van der Waals surface area (Å²) in [6.45, 7) is 2.97. The number of benzene rings is 2. The fourth-order valence-electron chi connectivity index (χ4n) is 4.15. The third kappa shape index (κ3) is 6.27. The number of nitrogens with one attached hydrogen (secondary N) is 1. The second-order valence-electron chi connectivity index (χ2n) is 8.50. The SMILES string of the molecule is [B]C(=O)NC(=O)CCCN1Cc2c(OCc3ccc(CN4CCOCC4=O)cc3)cccc2C1=O. The molecule has 2 heterocycles. The van der Waals surface area contributed by atoms with E-state index in [0.717, 1.165) is 16.7 Å². The second-order valence-corrected chi connectivity index (χ2v) is 8.50. The number of carbonyl (C=O) groups excluding carboxylic acids is 4. The van der Waals surface area contributed by atoms with E-state index in [4.69, 9.17) is 17.3 Å². The van der Waals surface area contributed by atoms with Crippen LogP contribution in [0.1, 0.15) is 39.9 Å². The van der Waals surface area contributed by atoms with Gasteiger partial charge in [-0.25, -0.2) is 0 Å². The van der Waals surface area contributed by atoms with Gasteiger partial charge in [-0.2, -0.15) is 0 Å². The highest BCUT2D eigenvalue weighted by Gasteiger charge is 2.29. The minimum absolute atomic E-state index is 0.000823. The molecule has 35 heavy (non-hydrogen) atoms. The number of rotatable bonds is 9. The Bertz CT molecular complexity index is 1120. The van der Waals surface area contributed by atoms with E-state index in [2.05, 4.69) is 0 Å². The lowest BCUT2D eigenvalue weighted by Gasteiger charge is -2.26. The summed E-state index contributed by atoms with van der Waals surface area (Å²) in [6, 6.07) is 13.3. The van der Waals surface area contributed by atoms with E-state index < -0.39 is 11.7 Å². The first kappa shape index (κ1) is 24.5. The molecule has 9 nitrogen and oxygen atoms in total. The van der Waals surface area contributed by atoms with Crippen LogP contribution in [0.2, 0.25) is 0 Å². The summed E-state index contributed by atoms with van der Waals surface area (Å²) in [5.41, 5.74) is 3.42. The highest BCUT2D eigenvalue weighted by Crippen LogP contribution is 2.31. The Morgan fingerprint density at radius 1 is 1.06 bits per heavy atom. The van der Waals surface area contributed by atoms with Gasteiger partial charge in [-0.15, -0.1) is 0 Å². The molecular weight excluding hydrogens is 449 g/mol. The average Bonchev–Trinajstić information content (AvgIpc) is 3.16. The van der Waals surface area contributed by atoms with Crippen LogP contribution in [0.3, 0.4) is 0 Å². The molecule has 2 aromatic rings. The molecule has 4 rings (SSSR count). The van der Waals surface area contributed by atoms with Gasteiger partial charge in [-0.05, 0) is 29.7 Å². The number of morpholine rings is 1. The Balaban J connectivity index is 1.31. The van der Waals surface area contributed by atoms with Crippen LogP contribution in [0, 0.1) is 0 Å². The van der Waals surface area contributed by atoms with Gasteiger partial charge in [-0.1, -0.05) is 30.3 Å². The maximum absolute atomic E-state index is 12.8. The van der Waals surface area contributed by atoms with Gasteiger partial charge in [0.05, 0.1) is 13.2 Å². The molecule has 0 aromatic heterocycles. The van der Waals surface area contributed by atoms with Gasteiger partial charge < -0.3 is 24.6 Å². The van der Waals surface area contributed by atoms with Crippen molar-refractivity contribution < 1.29 is 28.7 Å². The molecule has 0 bridgehead atoms. The van der Waals surface area contributed by atoms with E-state index in [0.29, 0.717) is 57.1 Å². The van der Waals surface area contributed by atoms with E-state index >= 15 is 0 Å². The van der Waals surface area contributed by atoms with Crippen molar-refractivity contribution in [1.82, 2.24) is 15.1 Å². The lowest BCUT2D eigenvalue weighted by Crippen LogP contribution is -2.40. The number of amides is 4. The zero-order valence-corrected chi connectivity index (χ0v) is 19.3. The Morgan fingerprint density at radius 2 is 1.83 bits per heavy atom. The molecule has 0 aliphatic carbocycles. The molecule has 0 saturated carbocycles. The van der Waals surface area contributed by atoms with E-state index in [1.165, 1.54) is 0 Å². The van der Waals surface area contributed by atoms with Crippen molar-refractivity contribution in [2.75, 3.05) is 26.3 Å². The lowest BCUT2D eigenvalue weighted by atomic mass is 10.1. The first-order chi connectivity index (χ1) is 16.9. The molecule has 1 fully saturated rings. The highest BCUT2D eigenvalue weighted by atomic mass is 16.5. The average molecular weight is 475 g/mol. The lowest BCUT2D eigenvalue weighted by molar-refractivity contribution is -0.143. The molecule has 0 spiro atoms. The van der Waals surface area contributed by atoms with Crippen LogP contribution >= 0.6 is 0 Å². The van der Waals surface area contributed by atoms with Crippen molar-refractivity contribution in [3.63, 3.8) is 0 Å². The van der Waals surface area contributed by atoms with Crippen LogP contribution in [0.4, 0.5) is 4.79 Å². The largest absolute Gasteiger partial charge is 0.489 e. The fraction of sp³-hybridized carbons (Fsp3) is 0.360. The van der Waals surface area contributed by atoms with Gasteiger partial charge in [0.25, 0.3) is 5.91 Å².